The number of nitrogens with one attached hydrogen (secondary N) is 1. The molecule has 0 radical (unpaired) electrons. The lowest BCUT2D eigenvalue weighted by atomic mass is 10.3. The first kappa shape index (κ1) is 13.8. The molecule has 0 saturated carbocycles. The molecule has 0 aliphatic carbocycles. The number of hydrogen-bond acceptors (Lipinski definition) is 6. The predicted molar refractivity (Wildman–Crippen MR) is 80.1 cm³/mol. The van der Waals surface area contributed by atoms with E-state index in [2.05, 4.69) is 25.5 Å². The van der Waals surface area contributed by atoms with Crippen LogP contribution in [-0.2, 0) is 13.1 Å². The minimum absolute atomic E-state index is 0.0674. The van der Waals surface area contributed by atoms with Gasteiger partial charge in [0, 0.05) is 19.3 Å². The Hall–Kier alpha value is -2.15. The summed E-state index contributed by atoms with van der Waals surface area (Å²) in [6.45, 7) is 3.27. The van der Waals surface area contributed by atoms with Crippen molar-refractivity contribution in [2.24, 2.45) is 0 Å². The highest BCUT2D eigenvalue weighted by Gasteiger charge is 2.16. The first-order valence-corrected chi connectivity index (χ1v) is 7.30. The molecule has 0 spiro atoms. The van der Waals surface area contributed by atoms with Crippen molar-refractivity contribution in [2.75, 3.05) is 29.9 Å². The van der Waals surface area contributed by atoms with E-state index in [-0.39, 0.29) is 6.61 Å². The van der Waals surface area contributed by atoms with E-state index in [0.717, 1.165) is 30.3 Å². The van der Waals surface area contributed by atoms with Crippen molar-refractivity contribution in [3.05, 3.63) is 30.2 Å². The molecule has 7 nitrogen and oxygen atoms in total. The van der Waals surface area contributed by atoms with Gasteiger partial charge in [0.25, 0.3) is 0 Å². The van der Waals surface area contributed by atoms with Gasteiger partial charge in [-0.2, -0.15) is 0 Å². The Labute approximate surface area is 123 Å². The average Bonchev–Trinajstić information content (AvgIpc) is 3.17. The molecule has 1 aliphatic heterocycles. The summed E-state index contributed by atoms with van der Waals surface area (Å²) in [5.74, 6) is 1.01. The molecule has 1 saturated heterocycles. The molecule has 2 aromatic rings. The van der Waals surface area contributed by atoms with Crippen molar-refractivity contribution in [3.8, 4) is 0 Å². The number of nitrogens with zero attached hydrogens (tertiary/aromatic N) is 5. The Kier molecular flexibility index (Phi) is 4.30. The second-order valence-electron chi connectivity index (χ2n) is 5.12. The molecule has 2 N–H and O–H groups in total. The van der Waals surface area contributed by atoms with E-state index < -0.39 is 0 Å². The second kappa shape index (κ2) is 6.53. The Balaban J connectivity index is 1.66. The Bertz CT molecular complexity index is 578. The highest BCUT2D eigenvalue weighted by Crippen LogP contribution is 2.26. The fraction of sp³-hybridized carbons (Fsp3) is 0.500. The first-order chi connectivity index (χ1) is 10.4. The number of aromatic nitrogens is 4. The van der Waals surface area contributed by atoms with E-state index in [1.807, 2.05) is 24.5 Å². The second-order valence-corrected chi connectivity index (χ2v) is 5.12. The first-order valence-electron chi connectivity index (χ1n) is 7.30. The molecule has 2 aromatic heterocycles. The summed E-state index contributed by atoms with van der Waals surface area (Å²) in [7, 11) is 0. The monoisotopic (exact) mass is 288 g/mol. The highest BCUT2D eigenvalue weighted by molar-refractivity contribution is 5.65. The van der Waals surface area contributed by atoms with Gasteiger partial charge in [0.05, 0.1) is 31.6 Å². The van der Waals surface area contributed by atoms with Crippen LogP contribution in [0.1, 0.15) is 18.5 Å². The zero-order chi connectivity index (χ0) is 14.5. The van der Waals surface area contributed by atoms with Crippen LogP contribution in [0.4, 0.5) is 11.5 Å². The highest BCUT2D eigenvalue weighted by atomic mass is 16.3. The maximum atomic E-state index is 8.88. The third-order valence-corrected chi connectivity index (χ3v) is 3.57. The fourth-order valence-corrected chi connectivity index (χ4v) is 2.53. The number of rotatable bonds is 6. The smallest absolute Gasteiger partial charge is 0.151 e. The summed E-state index contributed by atoms with van der Waals surface area (Å²) in [6.07, 6.45) is 6.13. The van der Waals surface area contributed by atoms with Crippen molar-refractivity contribution >= 4 is 11.5 Å². The van der Waals surface area contributed by atoms with Crippen LogP contribution in [0, 0.1) is 0 Å². The summed E-state index contributed by atoms with van der Waals surface area (Å²) in [4.78, 5) is 6.81. The van der Waals surface area contributed by atoms with E-state index in [1.54, 1.807) is 4.68 Å². The van der Waals surface area contributed by atoms with Crippen LogP contribution in [0.15, 0.2) is 24.5 Å². The molecule has 1 fully saturated rings. The van der Waals surface area contributed by atoms with Crippen molar-refractivity contribution in [3.63, 3.8) is 0 Å². The van der Waals surface area contributed by atoms with Crippen LogP contribution in [0.3, 0.4) is 0 Å². The number of anilines is 2. The fourth-order valence-electron chi connectivity index (χ4n) is 2.53. The number of pyridine rings is 1. The van der Waals surface area contributed by atoms with Crippen LogP contribution in [-0.4, -0.2) is 44.8 Å². The van der Waals surface area contributed by atoms with E-state index in [9.17, 15) is 0 Å². The number of aliphatic hydroxyl groups is 1. The van der Waals surface area contributed by atoms with Crippen LogP contribution < -0.4 is 10.2 Å². The van der Waals surface area contributed by atoms with Crippen molar-refractivity contribution in [1.29, 1.82) is 0 Å². The molecule has 1 aliphatic rings. The third-order valence-electron chi connectivity index (χ3n) is 3.57. The minimum atomic E-state index is 0.0674. The van der Waals surface area contributed by atoms with E-state index in [1.165, 1.54) is 12.8 Å². The Morgan fingerprint density at radius 2 is 2.14 bits per heavy atom. The number of aliphatic hydroxyl groups excluding tert-OH is 1. The lowest BCUT2D eigenvalue weighted by Crippen LogP contribution is -2.20. The standard InChI is InChI=1S/C14H20N6O/c21-9-8-20-11-12(17-18-20)10-16-13-4-3-5-15-14(13)19-6-1-2-7-19/h3-5,11,16,21H,1-2,6-10H2. The SMILES string of the molecule is OCCn1cc(CNc2cccnc2N2CCCC2)nn1. The van der Waals surface area contributed by atoms with Gasteiger partial charge in [0.2, 0.25) is 0 Å². The van der Waals surface area contributed by atoms with E-state index in [0.29, 0.717) is 13.1 Å². The van der Waals surface area contributed by atoms with Gasteiger partial charge in [0.15, 0.2) is 5.82 Å². The summed E-state index contributed by atoms with van der Waals surface area (Å²) in [5.41, 5.74) is 1.87. The summed E-state index contributed by atoms with van der Waals surface area (Å²) < 4.78 is 1.64. The maximum Gasteiger partial charge on any atom is 0.151 e. The molecule has 0 amide bonds. The van der Waals surface area contributed by atoms with E-state index in [4.69, 9.17) is 5.11 Å². The van der Waals surface area contributed by atoms with Gasteiger partial charge < -0.3 is 15.3 Å². The molecule has 0 aromatic carbocycles. The van der Waals surface area contributed by atoms with Crippen molar-refractivity contribution in [2.45, 2.75) is 25.9 Å². The average molecular weight is 288 g/mol. The molecule has 7 heteroatoms. The van der Waals surface area contributed by atoms with Gasteiger partial charge in [-0.15, -0.1) is 5.10 Å². The molecule has 3 heterocycles. The normalized spacial score (nSPS) is 14.6. The molecule has 3 rings (SSSR count). The summed E-state index contributed by atoms with van der Waals surface area (Å²) >= 11 is 0. The largest absolute Gasteiger partial charge is 0.394 e. The lowest BCUT2D eigenvalue weighted by molar-refractivity contribution is 0.268. The molecule has 0 bridgehead atoms. The van der Waals surface area contributed by atoms with Crippen LogP contribution in [0.25, 0.3) is 0 Å². The Morgan fingerprint density at radius 3 is 2.95 bits per heavy atom. The minimum Gasteiger partial charge on any atom is -0.394 e. The van der Waals surface area contributed by atoms with Gasteiger partial charge in [-0.3, -0.25) is 0 Å². The third kappa shape index (κ3) is 3.30. The summed E-state index contributed by atoms with van der Waals surface area (Å²) in [5, 5.41) is 20.3. The predicted octanol–water partition coefficient (Wildman–Crippen LogP) is 0.878. The van der Waals surface area contributed by atoms with Crippen molar-refractivity contribution < 1.29 is 5.11 Å². The van der Waals surface area contributed by atoms with E-state index >= 15 is 0 Å². The van der Waals surface area contributed by atoms with Crippen LogP contribution in [0.5, 0.6) is 0 Å². The molecule has 0 unspecified atom stereocenters. The summed E-state index contributed by atoms with van der Waals surface area (Å²) in [6, 6.07) is 3.98. The zero-order valence-electron chi connectivity index (χ0n) is 11.9. The molecular weight excluding hydrogens is 268 g/mol. The van der Waals surface area contributed by atoms with Gasteiger partial charge >= 0.3 is 0 Å². The van der Waals surface area contributed by atoms with Gasteiger partial charge in [0.1, 0.15) is 5.69 Å². The van der Waals surface area contributed by atoms with Crippen LogP contribution in [0.2, 0.25) is 0 Å². The van der Waals surface area contributed by atoms with Crippen LogP contribution >= 0.6 is 0 Å². The topological polar surface area (TPSA) is 79.1 Å². The maximum absolute atomic E-state index is 8.88. The molecule has 0 atom stereocenters. The van der Waals surface area contributed by atoms with Gasteiger partial charge in [-0.1, -0.05) is 5.21 Å². The quantitative estimate of drug-likeness (QED) is 0.821. The molecule has 112 valence electrons. The van der Waals surface area contributed by atoms with Gasteiger partial charge in [-0.25, -0.2) is 9.67 Å². The lowest BCUT2D eigenvalue weighted by Gasteiger charge is -2.20. The molecule has 21 heavy (non-hydrogen) atoms. The van der Waals surface area contributed by atoms with Gasteiger partial charge in [-0.05, 0) is 25.0 Å². The van der Waals surface area contributed by atoms with Crippen molar-refractivity contribution in [1.82, 2.24) is 20.0 Å². The Morgan fingerprint density at radius 1 is 1.29 bits per heavy atom. The number of hydrogen-bond donors (Lipinski definition) is 2. The zero-order valence-corrected chi connectivity index (χ0v) is 11.9. The molecular formula is C14H20N6O.